The molecule has 3 heteroatoms. The molecule has 1 heterocycles. The lowest BCUT2D eigenvalue weighted by molar-refractivity contribution is 0.430. The van der Waals surface area contributed by atoms with Gasteiger partial charge in [-0.25, -0.2) is 0 Å². The fraction of sp³-hybridized carbons (Fsp3) is 0.400. The van der Waals surface area contributed by atoms with Crippen molar-refractivity contribution in [1.82, 2.24) is 4.98 Å². The minimum absolute atomic E-state index is 0.0416. The zero-order valence-corrected chi connectivity index (χ0v) is 10.8. The number of H-pyrrole nitrogens is 1. The van der Waals surface area contributed by atoms with Crippen LogP contribution in [0.1, 0.15) is 31.5 Å². The van der Waals surface area contributed by atoms with Gasteiger partial charge in [0, 0.05) is 11.8 Å². The average molecular weight is 242 g/mol. The van der Waals surface area contributed by atoms with Gasteiger partial charge < -0.3 is 10.7 Å². The Morgan fingerprint density at radius 2 is 2.22 bits per heavy atom. The number of rotatable bonds is 0. The zero-order chi connectivity index (χ0) is 12.9. The number of pyridine rings is 1. The first-order valence-electron chi connectivity index (χ1n) is 6.41. The van der Waals surface area contributed by atoms with Gasteiger partial charge in [0.25, 0.3) is 0 Å². The lowest BCUT2D eigenvalue weighted by Crippen LogP contribution is -2.47. The third kappa shape index (κ3) is 1.44. The summed E-state index contributed by atoms with van der Waals surface area (Å²) in [5.41, 5.74) is 10.7. The Morgan fingerprint density at radius 1 is 1.44 bits per heavy atom. The Bertz CT molecular complexity index is 624. The number of fused-ring (bicyclic) bond motifs is 4. The van der Waals surface area contributed by atoms with E-state index in [0.29, 0.717) is 5.92 Å². The summed E-state index contributed by atoms with van der Waals surface area (Å²) < 4.78 is 0. The maximum Gasteiger partial charge on any atom is 0.248 e. The predicted octanol–water partition coefficient (Wildman–Crippen LogP) is 2.00. The Balaban J connectivity index is 2.31. The second-order valence-electron chi connectivity index (χ2n) is 5.42. The first kappa shape index (κ1) is 11.5. The van der Waals surface area contributed by atoms with Crippen LogP contribution >= 0.6 is 0 Å². The van der Waals surface area contributed by atoms with Crippen molar-refractivity contribution in [3.05, 3.63) is 57.0 Å². The maximum atomic E-state index is 11.5. The molecule has 0 radical (unpaired) electrons. The van der Waals surface area contributed by atoms with Crippen molar-refractivity contribution in [2.75, 3.05) is 0 Å². The summed E-state index contributed by atoms with van der Waals surface area (Å²) in [5, 5.41) is 0. The summed E-state index contributed by atoms with van der Waals surface area (Å²) in [6, 6.07) is 3.45. The molecule has 1 aromatic rings. The molecule has 3 nitrogen and oxygen atoms in total. The molecular formula is C15H18N2O. The van der Waals surface area contributed by atoms with Gasteiger partial charge in [0.2, 0.25) is 5.56 Å². The van der Waals surface area contributed by atoms with Crippen molar-refractivity contribution in [2.24, 2.45) is 11.7 Å². The van der Waals surface area contributed by atoms with E-state index in [9.17, 15) is 4.79 Å². The highest BCUT2D eigenvalue weighted by Crippen LogP contribution is 2.46. The van der Waals surface area contributed by atoms with E-state index in [0.717, 1.165) is 24.1 Å². The standard InChI is InChI=1S/C15H18N2O/c1-3-11-10-6-9(2)8-15(11,16)12-4-5-14(18)17-13(12)7-10/h3-5,8,10H,6-7,16H2,1-2H3,(H,17,18)/b11-3+. The third-order valence-corrected chi connectivity index (χ3v) is 4.17. The van der Waals surface area contributed by atoms with E-state index in [1.54, 1.807) is 6.07 Å². The highest BCUT2D eigenvalue weighted by molar-refractivity contribution is 5.50. The molecule has 3 rings (SSSR count). The Labute approximate surface area is 106 Å². The molecule has 2 aliphatic rings. The molecule has 0 spiro atoms. The quantitative estimate of drug-likeness (QED) is 0.684. The summed E-state index contributed by atoms with van der Waals surface area (Å²) in [7, 11) is 0. The Morgan fingerprint density at radius 3 is 2.94 bits per heavy atom. The zero-order valence-electron chi connectivity index (χ0n) is 10.8. The van der Waals surface area contributed by atoms with E-state index in [2.05, 4.69) is 31.0 Å². The second kappa shape index (κ2) is 3.69. The molecule has 0 saturated carbocycles. The number of aromatic amines is 1. The van der Waals surface area contributed by atoms with E-state index in [1.165, 1.54) is 11.1 Å². The van der Waals surface area contributed by atoms with Crippen LogP contribution in [0, 0.1) is 5.92 Å². The smallest absolute Gasteiger partial charge is 0.248 e. The SMILES string of the molecule is C/C=C1\C2CC(C)=CC1(N)c1ccc(=O)[nH]c1C2. The highest BCUT2D eigenvalue weighted by Gasteiger charge is 2.42. The van der Waals surface area contributed by atoms with Crippen LogP contribution in [-0.2, 0) is 12.0 Å². The van der Waals surface area contributed by atoms with E-state index < -0.39 is 5.54 Å². The summed E-state index contributed by atoms with van der Waals surface area (Å²) in [6.07, 6.45) is 6.21. The monoisotopic (exact) mass is 242 g/mol. The Hall–Kier alpha value is -1.61. The second-order valence-corrected chi connectivity index (χ2v) is 5.42. The van der Waals surface area contributed by atoms with Gasteiger partial charge in [0.15, 0.2) is 0 Å². The van der Waals surface area contributed by atoms with Gasteiger partial charge in [0.05, 0.1) is 5.54 Å². The third-order valence-electron chi connectivity index (χ3n) is 4.17. The molecule has 1 aromatic heterocycles. The molecule has 0 saturated heterocycles. The van der Waals surface area contributed by atoms with Crippen LogP contribution in [0.4, 0.5) is 0 Å². The average Bonchev–Trinajstić information content (AvgIpc) is 2.26. The van der Waals surface area contributed by atoms with Crippen molar-refractivity contribution in [1.29, 1.82) is 0 Å². The van der Waals surface area contributed by atoms with Crippen LogP contribution < -0.4 is 11.3 Å². The molecule has 2 unspecified atom stereocenters. The fourth-order valence-electron chi connectivity index (χ4n) is 3.57. The number of hydrogen-bond acceptors (Lipinski definition) is 2. The minimum Gasteiger partial charge on any atom is -0.326 e. The number of aromatic nitrogens is 1. The normalized spacial score (nSPS) is 32.1. The van der Waals surface area contributed by atoms with Crippen LogP contribution in [0.15, 0.2) is 40.2 Å². The summed E-state index contributed by atoms with van der Waals surface area (Å²) in [4.78, 5) is 14.4. The molecule has 3 N–H and O–H groups in total. The van der Waals surface area contributed by atoms with Crippen molar-refractivity contribution >= 4 is 0 Å². The first-order valence-corrected chi connectivity index (χ1v) is 6.41. The van der Waals surface area contributed by atoms with Crippen molar-refractivity contribution in [3.8, 4) is 0 Å². The summed E-state index contributed by atoms with van der Waals surface area (Å²) in [5.74, 6) is 0.426. The molecule has 18 heavy (non-hydrogen) atoms. The van der Waals surface area contributed by atoms with Crippen molar-refractivity contribution in [3.63, 3.8) is 0 Å². The predicted molar refractivity (Wildman–Crippen MR) is 72.3 cm³/mol. The van der Waals surface area contributed by atoms with E-state index in [1.807, 2.05) is 6.07 Å². The van der Waals surface area contributed by atoms with Crippen LogP contribution in [0.25, 0.3) is 0 Å². The molecule has 94 valence electrons. The van der Waals surface area contributed by atoms with Crippen LogP contribution in [0.2, 0.25) is 0 Å². The summed E-state index contributed by atoms with van der Waals surface area (Å²) in [6.45, 7) is 4.19. The molecule has 0 aromatic carbocycles. The molecule has 0 amide bonds. The Kier molecular flexibility index (Phi) is 2.35. The maximum absolute atomic E-state index is 11.5. The van der Waals surface area contributed by atoms with Gasteiger partial charge in [-0.2, -0.15) is 0 Å². The van der Waals surface area contributed by atoms with E-state index in [4.69, 9.17) is 5.73 Å². The highest BCUT2D eigenvalue weighted by atomic mass is 16.1. The van der Waals surface area contributed by atoms with Crippen molar-refractivity contribution in [2.45, 2.75) is 32.2 Å². The molecule has 0 fully saturated rings. The largest absolute Gasteiger partial charge is 0.326 e. The lowest BCUT2D eigenvalue weighted by atomic mass is 9.64. The topological polar surface area (TPSA) is 58.9 Å². The van der Waals surface area contributed by atoms with Crippen LogP contribution in [0.5, 0.6) is 0 Å². The van der Waals surface area contributed by atoms with E-state index >= 15 is 0 Å². The molecule has 2 atom stereocenters. The van der Waals surface area contributed by atoms with Gasteiger partial charge in [-0.3, -0.25) is 4.79 Å². The van der Waals surface area contributed by atoms with Gasteiger partial charge in [-0.1, -0.05) is 17.7 Å². The van der Waals surface area contributed by atoms with Gasteiger partial charge >= 0.3 is 0 Å². The van der Waals surface area contributed by atoms with Gasteiger partial charge in [-0.15, -0.1) is 0 Å². The number of nitrogens with two attached hydrogens (primary N) is 1. The van der Waals surface area contributed by atoms with E-state index in [-0.39, 0.29) is 5.56 Å². The molecule has 0 aliphatic heterocycles. The number of hydrogen-bond donors (Lipinski definition) is 2. The molecular weight excluding hydrogens is 224 g/mol. The van der Waals surface area contributed by atoms with Crippen LogP contribution in [0.3, 0.4) is 0 Å². The minimum atomic E-state index is -0.528. The van der Waals surface area contributed by atoms with Gasteiger partial charge in [0.1, 0.15) is 0 Å². The lowest BCUT2D eigenvalue weighted by Gasteiger charge is -2.44. The number of nitrogens with one attached hydrogen (secondary N) is 1. The fourth-order valence-corrected chi connectivity index (χ4v) is 3.57. The summed E-state index contributed by atoms with van der Waals surface area (Å²) >= 11 is 0. The first-order chi connectivity index (χ1) is 8.54. The molecule has 2 bridgehead atoms. The van der Waals surface area contributed by atoms with Crippen LogP contribution in [-0.4, -0.2) is 4.98 Å². The molecule has 2 aliphatic carbocycles. The number of allylic oxidation sites excluding steroid dienone is 2. The van der Waals surface area contributed by atoms with Crippen molar-refractivity contribution < 1.29 is 0 Å². The van der Waals surface area contributed by atoms with Gasteiger partial charge in [-0.05, 0) is 49.8 Å².